The van der Waals surface area contributed by atoms with Crippen molar-refractivity contribution in [3.63, 3.8) is 0 Å². The molecule has 1 amide bonds. The van der Waals surface area contributed by atoms with Crippen molar-refractivity contribution in [1.82, 2.24) is 10.2 Å². The van der Waals surface area contributed by atoms with Crippen LogP contribution in [0.25, 0.3) is 0 Å². The van der Waals surface area contributed by atoms with Crippen LogP contribution in [0.2, 0.25) is 0 Å². The van der Waals surface area contributed by atoms with Gasteiger partial charge in [-0.05, 0) is 36.8 Å². The van der Waals surface area contributed by atoms with Gasteiger partial charge in [0.2, 0.25) is 5.91 Å². The third-order valence-electron chi connectivity index (χ3n) is 5.46. The standard InChI is InChI=1S/C23H30N4O6S/c1-33-15-5-10-24-22(28)17-26-11-13-27(14-12-26)21-9-8-18(16-20(21)23(29)30)25-34(31,32)19-6-3-2-4-7-19/h2-4,6-9,16,25H,5,10-15,17H2,1H3,(H,24,28)(H,29,30). The number of carboxylic acids is 1. The Morgan fingerprint density at radius 2 is 1.76 bits per heavy atom. The summed E-state index contributed by atoms with van der Waals surface area (Å²) in [5.41, 5.74) is 0.699. The van der Waals surface area contributed by atoms with E-state index in [1.807, 2.05) is 9.80 Å². The number of sulfonamides is 1. The molecule has 1 heterocycles. The summed E-state index contributed by atoms with van der Waals surface area (Å²) >= 11 is 0. The number of carbonyl (C=O) groups is 2. The Balaban J connectivity index is 1.62. The minimum atomic E-state index is -3.83. The number of hydrogen-bond donors (Lipinski definition) is 3. The van der Waals surface area contributed by atoms with Gasteiger partial charge in [0, 0.05) is 52.1 Å². The zero-order valence-corrected chi connectivity index (χ0v) is 19.9. The third-order valence-corrected chi connectivity index (χ3v) is 6.86. The number of nitrogens with zero attached hydrogens (tertiary/aromatic N) is 2. The van der Waals surface area contributed by atoms with E-state index in [0.717, 1.165) is 6.42 Å². The number of rotatable bonds is 11. The predicted octanol–water partition coefficient (Wildman–Crippen LogP) is 1.46. The molecule has 1 aliphatic heterocycles. The topological polar surface area (TPSA) is 128 Å². The van der Waals surface area contributed by atoms with Crippen LogP contribution in [0.4, 0.5) is 11.4 Å². The van der Waals surface area contributed by atoms with Crippen molar-refractivity contribution >= 4 is 33.3 Å². The van der Waals surface area contributed by atoms with Crippen LogP contribution in [0.1, 0.15) is 16.8 Å². The fourth-order valence-corrected chi connectivity index (χ4v) is 4.78. The van der Waals surface area contributed by atoms with E-state index in [0.29, 0.717) is 45.0 Å². The lowest BCUT2D eigenvalue weighted by Crippen LogP contribution is -2.50. The number of carboxylic acid groups (broad SMARTS) is 1. The molecule has 0 saturated carbocycles. The first-order valence-electron chi connectivity index (χ1n) is 11.0. The lowest BCUT2D eigenvalue weighted by Gasteiger charge is -2.36. The van der Waals surface area contributed by atoms with E-state index in [1.165, 1.54) is 18.2 Å². The smallest absolute Gasteiger partial charge is 0.337 e. The van der Waals surface area contributed by atoms with Gasteiger partial charge in [-0.1, -0.05) is 18.2 Å². The normalized spacial score (nSPS) is 14.6. The molecule has 0 radical (unpaired) electrons. The molecular formula is C23H30N4O6S. The van der Waals surface area contributed by atoms with Gasteiger partial charge < -0.3 is 20.1 Å². The minimum Gasteiger partial charge on any atom is -0.478 e. The van der Waals surface area contributed by atoms with Gasteiger partial charge in [0.25, 0.3) is 10.0 Å². The SMILES string of the molecule is COCCCNC(=O)CN1CCN(c2ccc(NS(=O)(=O)c3ccccc3)cc2C(=O)O)CC1. The van der Waals surface area contributed by atoms with Crippen molar-refractivity contribution in [2.24, 2.45) is 0 Å². The zero-order valence-electron chi connectivity index (χ0n) is 19.1. The summed E-state index contributed by atoms with van der Waals surface area (Å²) < 4.78 is 32.6. The van der Waals surface area contributed by atoms with E-state index >= 15 is 0 Å². The number of nitrogens with one attached hydrogen (secondary N) is 2. The number of benzene rings is 2. The molecule has 11 heteroatoms. The van der Waals surface area contributed by atoms with Crippen molar-refractivity contribution in [2.75, 3.05) is 62.6 Å². The van der Waals surface area contributed by atoms with Gasteiger partial charge in [0.05, 0.1) is 22.7 Å². The molecule has 10 nitrogen and oxygen atoms in total. The highest BCUT2D eigenvalue weighted by Crippen LogP contribution is 2.27. The first-order chi connectivity index (χ1) is 16.3. The van der Waals surface area contributed by atoms with Crippen molar-refractivity contribution in [2.45, 2.75) is 11.3 Å². The molecule has 2 aromatic carbocycles. The van der Waals surface area contributed by atoms with Crippen molar-refractivity contribution < 1.29 is 27.9 Å². The van der Waals surface area contributed by atoms with Crippen LogP contribution < -0.4 is 14.9 Å². The lowest BCUT2D eigenvalue weighted by atomic mass is 10.1. The molecule has 0 aliphatic carbocycles. The van der Waals surface area contributed by atoms with E-state index in [2.05, 4.69) is 10.0 Å². The number of ether oxygens (including phenoxy) is 1. The van der Waals surface area contributed by atoms with Crippen LogP contribution in [0, 0.1) is 0 Å². The van der Waals surface area contributed by atoms with E-state index in [9.17, 15) is 23.1 Å². The summed E-state index contributed by atoms with van der Waals surface area (Å²) in [7, 11) is -2.21. The van der Waals surface area contributed by atoms with E-state index in [-0.39, 0.29) is 28.6 Å². The molecule has 1 saturated heterocycles. The van der Waals surface area contributed by atoms with Crippen LogP contribution in [0.15, 0.2) is 53.4 Å². The number of aromatic carboxylic acids is 1. The number of anilines is 2. The molecule has 3 rings (SSSR count). The first kappa shape index (κ1) is 25.5. The number of amides is 1. The van der Waals surface area contributed by atoms with E-state index in [1.54, 1.807) is 37.4 Å². The molecule has 1 aliphatic rings. The summed E-state index contributed by atoms with van der Waals surface area (Å²) in [6.07, 6.45) is 0.755. The Bertz CT molecular complexity index is 1090. The quantitative estimate of drug-likeness (QED) is 0.404. The van der Waals surface area contributed by atoms with Gasteiger partial charge in [0.1, 0.15) is 0 Å². The molecule has 3 N–H and O–H groups in total. The first-order valence-corrected chi connectivity index (χ1v) is 12.5. The van der Waals surface area contributed by atoms with Crippen LogP contribution in [-0.4, -0.2) is 83.3 Å². The predicted molar refractivity (Wildman–Crippen MR) is 129 cm³/mol. The van der Waals surface area contributed by atoms with Crippen molar-refractivity contribution in [1.29, 1.82) is 0 Å². The van der Waals surface area contributed by atoms with Crippen LogP contribution in [-0.2, 0) is 19.6 Å². The molecule has 0 aromatic heterocycles. The molecule has 1 fully saturated rings. The maximum absolute atomic E-state index is 12.6. The second kappa shape index (κ2) is 11.8. The van der Waals surface area contributed by atoms with Gasteiger partial charge in [-0.2, -0.15) is 0 Å². The summed E-state index contributed by atoms with van der Waals surface area (Å²) in [5.74, 6) is -1.19. The Morgan fingerprint density at radius 3 is 2.41 bits per heavy atom. The van der Waals surface area contributed by atoms with E-state index < -0.39 is 16.0 Å². The van der Waals surface area contributed by atoms with Crippen molar-refractivity contribution in [3.05, 3.63) is 54.1 Å². The molecule has 0 unspecified atom stereocenters. The minimum absolute atomic E-state index is 0.0117. The van der Waals surface area contributed by atoms with Gasteiger partial charge in [-0.15, -0.1) is 0 Å². The van der Waals surface area contributed by atoms with Gasteiger partial charge in [-0.3, -0.25) is 14.4 Å². The van der Waals surface area contributed by atoms with Crippen LogP contribution in [0.3, 0.4) is 0 Å². The molecule has 184 valence electrons. The summed E-state index contributed by atoms with van der Waals surface area (Å²) in [4.78, 5) is 28.1. The molecular weight excluding hydrogens is 460 g/mol. The highest BCUT2D eigenvalue weighted by molar-refractivity contribution is 7.92. The maximum Gasteiger partial charge on any atom is 0.337 e. The average molecular weight is 491 g/mol. The molecule has 2 aromatic rings. The Morgan fingerprint density at radius 1 is 1.06 bits per heavy atom. The van der Waals surface area contributed by atoms with Gasteiger partial charge in [-0.25, -0.2) is 13.2 Å². The lowest BCUT2D eigenvalue weighted by molar-refractivity contribution is -0.122. The number of hydrogen-bond acceptors (Lipinski definition) is 7. The average Bonchev–Trinajstić information content (AvgIpc) is 2.83. The number of carbonyl (C=O) groups excluding carboxylic acids is 1. The Labute approximate surface area is 199 Å². The monoisotopic (exact) mass is 490 g/mol. The molecule has 0 bridgehead atoms. The Hall–Kier alpha value is -3.15. The highest BCUT2D eigenvalue weighted by Gasteiger charge is 2.24. The van der Waals surface area contributed by atoms with Crippen LogP contribution in [0.5, 0.6) is 0 Å². The Kier molecular flexibility index (Phi) is 8.85. The van der Waals surface area contributed by atoms with Gasteiger partial charge in [0.15, 0.2) is 0 Å². The largest absolute Gasteiger partial charge is 0.478 e. The second-order valence-corrected chi connectivity index (χ2v) is 9.60. The fraction of sp³-hybridized carbons (Fsp3) is 0.391. The maximum atomic E-state index is 12.6. The second-order valence-electron chi connectivity index (χ2n) is 7.92. The number of methoxy groups -OCH3 is 1. The molecule has 34 heavy (non-hydrogen) atoms. The summed E-state index contributed by atoms with van der Waals surface area (Å²) in [5, 5.41) is 12.6. The van der Waals surface area contributed by atoms with Crippen molar-refractivity contribution in [3.8, 4) is 0 Å². The summed E-state index contributed by atoms with van der Waals surface area (Å²) in [6, 6.07) is 12.4. The van der Waals surface area contributed by atoms with Gasteiger partial charge >= 0.3 is 5.97 Å². The summed E-state index contributed by atoms with van der Waals surface area (Å²) in [6.45, 7) is 3.75. The zero-order chi connectivity index (χ0) is 24.6. The molecule has 0 atom stereocenters. The molecule has 0 spiro atoms. The number of piperazine rings is 1. The third kappa shape index (κ3) is 6.92. The highest BCUT2D eigenvalue weighted by atomic mass is 32.2. The van der Waals surface area contributed by atoms with E-state index in [4.69, 9.17) is 4.74 Å². The van der Waals surface area contributed by atoms with Crippen LogP contribution >= 0.6 is 0 Å². The fourth-order valence-electron chi connectivity index (χ4n) is 3.71.